The van der Waals surface area contributed by atoms with Gasteiger partial charge in [-0.2, -0.15) is 5.10 Å². The number of hydrogen-bond acceptors (Lipinski definition) is 5. The van der Waals surface area contributed by atoms with E-state index in [2.05, 4.69) is 51.6 Å². The van der Waals surface area contributed by atoms with E-state index in [1.807, 2.05) is 17.0 Å². The van der Waals surface area contributed by atoms with Crippen LogP contribution in [0.5, 0.6) is 0 Å². The van der Waals surface area contributed by atoms with E-state index in [9.17, 15) is 9.59 Å². The van der Waals surface area contributed by atoms with Gasteiger partial charge in [-0.3, -0.25) is 19.5 Å². The molecule has 1 N–H and O–H groups in total. The Labute approximate surface area is 189 Å². The van der Waals surface area contributed by atoms with Crippen LogP contribution in [0.1, 0.15) is 42.4 Å². The Balaban J connectivity index is 1.38. The summed E-state index contributed by atoms with van der Waals surface area (Å²) in [6, 6.07) is 12.4. The van der Waals surface area contributed by atoms with Crippen molar-refractivity contribution in [1.82, 2.24) is 20.2 Å². The Hall–Kier alpha value is -3.06. The number of likely N-dealkylation sites (tertiary alicyclic amines) is 1. The van der Waals surface area contributed by atoms with Crippen LogP contribution in [0, 0.1) is 12.8 Å². The molecule has 7 heteroatoms. The third-order valence-electron chi connectivity index (χ3n) is 6.38. The topological polar surface area (TPSA) is 77.9 Å². The molecule has 1 aromatic heterocycles. The van der Waals surface area contributed by atoms with E-state index in [0.717, 1.165) is 38.0 Å². The summed E-state index contributed by atoms with van der Waals surface area (Å²) in [6.07, 6.45) is 6.36. The molecule has 168 valence electrons. The number of nitrogens with one attached hydrogen (secondary N) is 1. The third-order valence-corrected chi connectivity index (χ3v) is 6.38. The quantitative estimate of drug-likeness (QED) is 0.728. The fourth-order valence-corrected chi connectivity index (χ4v) is 4.41. The van der Waals surface area contributed by atoms with Crippen molar-refractivity contribution in [3.63, 3.8) is 0 Å². The van der Waals surface area contributed by atoms with Crippen LogP contribution >= 0.6 is 0 Å². The lowest BCUT2D eigenvalue weighted by molar-refractivity contribution is -0.126. The second-order valence-electron chi connectivity index (χ2n) is 8.79. The predicted octanol–water partition coefficient (Wildman–Crippen LogP) is 2.90. The van der Waals surface area contributed by atoms with E-state index in [-0.39, 0.29) is 11.8 Å². The minimum absolute atomic E-state index is 0.0869. The van der Waals surface area contributed by atoms with Gasteiger partial charge >= 0.3 is 0 Å². The Bertz CT molecular complexity index is 967. The van der Waals surface area contributed by atoms with Gasteiger partial charge in [-0.1, -0.05) is 30.3 Å². The van der Waals surface area contributed by atoms with Crippen molar-refractivity contribution < 1.29 is 9.59 Å². The molecule has 0 bridgehead atoms. The van der Waals surface area contributed by atoms with Gasteiger partial charge in [-0.25, -0.2) is 5.43 Å². The summed E-state index contributed by atoms with van der Waals surface area (Å²) in [7, 11) is 0. The molecule has 7 nitrogen and oxygen atoms in total. The van der Waals surface area contributed by atoms with Gasteiger partial charge in [0.25, 0.3) is 5.91 Å². The number of piperidine rings is 1. The first kappa shape index (κ1) is 22.1. The SMILES string of the molecule is Cc1ccccc1CN1CCC(CN(Cc2cccnc2)C(=O)C2=NNC(=O)CC2)CC1. The fraction of sp³-hybridized carbons (Fsp3) is 0.440. The molecule has 0 unspecified atom stereocenters. The van der Waals surface area contributed by atoms with Gasteiger partial charge in [0.15, 0.2) is 0 Å². The molecule has 1 saturated heterocycles. The molecule has 4 rings (SSSR count). The molecule has 0 spiro atoms. The first-order chi connectivity index (χ1) is 15.6. The maximum atomic E-state index is 13.2. The second-order valence-corrected chi connectivity index (χ2v) is 8.79. The van der Waals surface area contributed by atoms with E-state index >= 15 is 0 Å². The Morgan fingerprint density at radius 2 is 1.97 bits per heavy atom. The zero-order valence-electron chi connectivity index (χ0n) is 18.7. The molecule has 2 aliphatic rings. The molecule has 2 aromatic rings. The zero-order chi connectivity index (χ0) is 22.3. The Morgan fingerprint density at radius 3 is 2.66 bits per heavy atom. The van der Waals surface area contributed by atoms with Crippen LogP contribution in [0.3, 0.4) is 0 Å². The normalized spacial score (nSPS) is 17.5. The summed E-state index contributed by atoms with van der Waals surface area (Å²) in [6.45, 7) is 6.41. The number of carbonyl (C=O) groups excluding carboxylic acids is 2. The van der Waals surface area contributed by atoms with Crippen LogP contribution in [-0.2, 0) is 22.7 Å². The lowest BCUT2D eigenvalue weighted by Gasteiger charge is -2.35. The lowest BCUT2D eigenvalue weighted by atomic mass is 9.95. The highest BCUT2D eigenvalue weighted by molar-refractivity contribution is 6.39. The van der Waals surface area contributed by atoms with E-state index in [1.165, 1.54) is 11.1 Å². The van der Waals surface area contributed by atoms with Gasteiger partial charge in [-0.05, 0) is 61.5 Å². The largest absolute Gasteiger partial charge is 0.333 e. The van der Waals surface area contributed by atoms with E-state index in [4.69, 9.17) is 0 Å². The summed E-state index contributed by atoms with van der Waals surface area (Å²) in [5, 5.41) is 4.04. The van der Waals surface area contributed by atoms with Crippen molar-refractivity contribution in [1.29, 1.82) is 0 Å². The number of benzene rings is 1. The molecule has 2 amide bonds. The fourth-order valence-electron chi connectivity index (χ4n) is 4.41. The van der Waals surface area contributed by atoms with Gasteiger partial charge in [0.2, 0.25) is 5.91 Å². The Kier molecular flexibility index (Phi) is 7.27. The van der Waals surface area contributed by atoms with E-state index < -0.39 is 0 Å². The smallest absolute Gasteiger partial charge is 0.270 e. The van der Waals surface area contributed by atoms with Gasteiger partial charge in [0, 0.05) is 44.9 Å². The molecule has 1 aromatic carbocycles. The van der Waals surface area contributed by atoms with Crippen molar-refractivity contribution in [2.24, 2.45) is 11.0 Å². The number of pyridine rings is 1. The van der Waals surface area contributed by atoms with Crippen molar-refractivity contribution in [3.05, 3.63) is 65.5 Å². The highest BCUT2D eigenvalue weighted by Gasteiger charge is 2.28. The second kappa shape index (κ2) is 10.5. The number of aromatic nitrogens is 1. The lowest BCUT2D eigenvalue weighted by Crippen LogP contribution is -2.44. The van der Waals surface area contributed by atoms with Gasteiger partial charge < -0.3 is 4.90 Å². The summed E-state index contributed by atoms with van der Waals surface area (Å²) in [5.74, 6) is 0.222. The molecule has 0 aliphatic carbocycles. The number of rotatable bonds is 7. The highest BCUT2D eigenvalue weighted by atomic mass is 16.2. The van der Waals surface area contributed by atoms with Crippen molar-refractivity contribution in [2.75, 3.05) is 19.6 Å². The monoisotopic (exact) mass is 433 g/mol. The molecule has 0 atom stereocenters. The minimum Gasteiger partial charge on any atom is -0.333 e. The molecule has 2 aliphatic heterocycles. The number of carbonyl (C=O) groups is 2. The number of amides is 2. The van der Waals surface area contributed by atoms with Crippen LogP contribution in [0.15, 0.2) is 53.9 Å². The molecule has 3 heterocycles. The van der Waals surface area contributed by atoms with Crippen LogP contribution in [0.4, 0.5) is 0 Å². The Morgan fingerprint density at radius 1 is 1.16 bits per heavy atom. The van der Waals surface area contributed by atoms with Gasteiger partial charge in [-0.15, -0.1) is 0 Å². The number of hydrazone groups is 1. The van der Waals surface area contributed by atoms with Crippen LogP contribution in [0.25, 0.3) is 0 Å². The van der Waals surface area contributed by atoms with Crippen molar-refractivity contribution >= 4 is 17.5 Å². The molecule has 1 fully saturated rings. The van der Waals surface area contributed by atoms with Gasteiger partial charge in [0.05, 0.1) is 0 Å². The van der Waals surface area contributed by atoms with Gasteiger partial charge in [0.1, 0.15) is 5.71 Å². The average Bonchev–Trinajstić information content (AvgIpc) is 2.82. The van der Waals surface area contributed by atoms with Crippen LogP contribution < -0.4 is 5.43 Å². The number of hydrogen-bond donors (Lipinski definition) is 1. The summed E-state index contributed by atoms with van der Waals surface area (Å²) < 4.78 is 0. The molecular formula is C25H31N5O2. The predicted molar refractivity (Wildman–Crippen MR) is 124 cm³/mol. The summed E-state index contributed by atoms with van der Waals surface area (Å²) in [4.78, 5) is 33.3. The van der Waals surface area contributed by atoms with Crippen LogP contribution in [0.2, 0.25) is 0 Å². The molecular weight excluding hydrogens is 402 g/mol. The summed E-state index contributed by atoms with van der Waals surface area (Å²) in [5.41, 5.74) is 6.61. The first-order valence-corrected chi connectivity index (χ1v) is 11.4. The van der Waals surface area contributed by atoms with Crippen molar-refractivity contribution in [3.8, 4) is 0 Å². The number of nitrogens with zero attached hydrogens (tertiary/aromatic N) is 4. The summed E-state index contributed by atoms with van der Waals surface area (Å²) >= 11 is 0. The first-order valence-electron chi connectivity index (χ1n) is 11.4. The van der Waals surface area contributed by atoms with E-state index in [1.54, 1.807) is 12.4 Å². The number of aryl methyl sites for hydroxylation is 1. The standard InChI is InChI=1S/C25H31N5O2/c1-19-5-2-3-7-22(19)18-29-13-10-20(11-14-29)16-30(17-21-6-4-12-26-15-21)25(32)23-8-9-24(31)28-27-23/h2-7,12,15,20H,8-11,13-14,16-18H2,1H3,(H,28,31). The van der Waals surface area contributed by atoms with E-state index in [0.29, 0.717) is 37.6 Å². The average molecular weight is 434 g/mol. The molecule has 0 radical (unpaired) electrons. The minimum atomic E-state index is -0.138. The van der Waals surface area contributed by atoms with Crippen LogP contribution in [-0.4, -0.2) is 51.9 Å². The van der Waals surface area contributed by atoms with Crippen molar-refractivity contribution in [2.45, 2.75) is 45.7 Å². The third kappa shape index (κ3) is 5.79. The maximum absolute atomic E-state index is 13.2. The molecule has 0 saturated carbocycles. The molecule has 32 heavy (non-hydrogen) atoms. The zero-order valence-corrected chi connectivity index (χ0v) is 18.7. The maximum Gasteiger partial charge on any atom is 0.270 e. The highest BCUT2D eigenvalue weighted by Crippen LogP contribution is 2.22.